The topological polar surface area (TPSA) is 46.5 Å². The molecule has 0 fully saturated rings. The van der Waals surface area contributed by atoms with Crippen LogP contribution in [0.2, 0.25) is 0 Å². The summed E-state index contributed by atoms with van der Waals surface area (Å²) in [5.74, 6) is 1.83. The van der Waals surface area contributed by atoms with Crippen molar-refractivity contribution in [3.63, 3.8) is 0 Å². The molecule has 44 heavy (non-hydrogen) atoms. The van der Waals surface area contributed by atoms with Crippen molar-refractivity contribution in [1.29, 1.82) is 0 Å². The van der Waals surface area contributed by atoms with Gasteiger partial charge in [-0.05, 0) is 102 Å². The standard InChI is InChI=1S/C41H64O3/c1-12-17-27(6)32-24-33(38(30(9)20-15-4)37(26-32)44-11)25-36(42)41(43)40-35(29(8)19-14-3)23-22-34(28(7)18-13-2)39(40)31(10)21-16-5/h22-31,42H,12-21H2,1-11H3. The second-order valence-electron chi connectivity index (χ2n) is 13.6. The summed E-state index contributed by atoms with van der Waals surface area (Å²) in [7, 11) is 1.73. The van der Waals surface area contributed by atoms with Crippen molar-refractivity contribution >= 4 is 11.9 Å². The van der Waals surface area contributed by atoms with E-state index in [9.17, 15) is 9.90 Å². The average molecular weight is 605 g/mol. The van der Waals surface area contributed by atoms with Crippen molar-refractivity contribution in [3.05, 3.63) is 69.0 Å². The fraction of sp³-hybridized carbons (Fsp3) is 0.634. The van der Waals surface area contributed by atoms with Gasteiger partial charge in [0.25, 0.3) is 0 Å². The summed E-state index contributed by atoms with van der Waals surface area (Å²) in [6, 6.07) is 8.84. The van der Waals surface area contributed by atoms with Gasteiger partial charge < -0.3 is 9.84 Å². The number of hydrogen-bond donors (Lipinski definition) is 1. The Bertz CT molecular complexity index is 1220. The van der Waals surface area contributed by atoms with E-state index in [2.05, 4.69) is 93.5 Å². The SMILES string of the molecule is CCCC(C)c1cc(C=C(O)C(=O)c2c(C(C)CCC)ccc(C(C)CCC)c2C(C)CCC)c(C(C)CCC)c(OC)c1. The van der Waals surface area contributed by atoms with Crippen LogP contribution >= 0.6 is 0 Å². The van der Waals surface area contributed by atoms with Crippen molar-refractivity contribution in [2.24, 2.45) is 0 Å². The molecule has 0 aromatic heterocycles. The van der Waals surface area contributed by atoms with Crippen LogP contribution in [-0.4, -0.2) is 18.0 Å². The van der Waals surface area contributed by atoms with Gasteiger partial charge in [-0.15, -0.1) is 0 Å². The van der Waals surface area contributed by atoms with Crippen LogP contribution in [0, 0.1) is 0 Å². The molecule has 5 unspecified atom stereocenters. The summed E-state index contributed by atoms with van der Waals surface area (Å²) in [5, 5.41) is 11.8. The summed E-state index contributed by atoms with van der Waals surface area (Å²) in [4.78, 5) is 14.7. The predicted octanol–water partition coefficient (Wildman–Crippen LogP) is 13.0. The molecule has 0 bridgehead atoms. The van der Waals surface area contributed by atoms with Crippen molar-refractivity contribution in [3.8, 4) is 5.75 Å². The fourth-order valence-electron chi connectivity index (χ4n) is 7.32. The first-order valence-corrected chi connectivity index (χ1v) is 17.8. The summed E-state index contributed by atoms with van der Waals surface area (Å²) < 4.78 is 5.97. The normalized spacial score (nSPS) is 15.5. The van der Waals surface area contributed by atoms with Gasteiger partial charge in [0.1, 0.15) is 5.75 Å². The van der Waals surface area contributed by atoms with Crippen LogP contribution < -0.4 is 4.74 Å². The molecule has 2 aromatic carbocycles. The van der Waals surface area contributed by atoms with Gasteiger partial charge in [-0.2, -0.15) is 0 Å². The number of rotatable bonds is 19. The molecule has 3 nitrogen and oxygen atoms in total. The largest absolute Gasteiger partial charge is 0.504 e. The highest BCUT2D eigenvalue weighted by Crippen LogP contribution is 2.41. The summed E-state index contributed by atoms with van der Waals surface area (Å²) in [5.41, 5.74) is 7.40. The summed E-state index contributed by atoms with van der Waals surface area (Å²) in [6.45, 7) is 22.3. The predicted molar refractivity (Wildman–Crippen MR) is 191 cm³/mol. The van der Waals surface area contributed by atoms with Crippen LogP contribution in [0.3, 0.4) is 0 Å². The molecule has 0 saturated heterocycles. The van der Waals surface area contributed by atoms with E-state index in [-0.39, 0.29) is 29.3 Å². The number of ketones is 1. The quantitative estimate of drug-likeness (QED) is 0.0985. The van der Waals surface area contributed by atoms with Crippen LogP contribution in [0.4, 0.5) is 0 Å². The summed E-state index contributed by atoms with van der Waals surface area (Å²) >= 11 is 0. The highest BCUT2D eigenvalue weighted by molar-refractivity contribution is 6.12. The number of carbonyl (C=O) groups excluding carboxylic acids is 1. The lowest BCUT2D eigenvalue weighted by atomic mass is 9.77. The maximum atomic E-state index is 14.7. The Balaban J connectivity index is 2.93. The molecule has 0 saturated carbocycles. The zero-order valence-corrected chi connectivity index (χ0v) is 30.1. The molecule has 0 amide bonds. The Kier molecular flexibility index (Phi) is 15.8. The average Bonchev–Trinajstić information content (AvgIpc) is 2.99. The Labute approximate surface area is 270 Å². The molecule has 2 aromatic rings. The van der Waals surface area contributed by atoms with Crippen LogP contribution in [-0.2, 0) is 0 Å². The van der Waals surface area contributed by atoms with Gasteiger partial charge in [-0.25, -0.2) is 0 Å². The molecular formula is C41H64O3. The first-order valence-electron chi connectivity index (χ1n) is 17.8. The third kappa shape index (κ3) is 9.24. The van der Waals surface area contributed by atoms with Gasteiger partial charge in [0.05, 0.1) is 7.11 Å². The molecule has 0 heterocycles. The van der Waals surface area contributed by atoms with E-state index in [1.165, 1.54) is 11.1 Å². The number of aliphatic hydroxyl groups excluding tert-OH is 1. The van der Waals surface area contributed by atoms with E-state index in [1.807, 2.05) is 0 Å². The lowest BCUT2D eigenvalue weighted by Gasteiger charge is -2.27. The van der Waals surface area contributed by atoms with Crippen molar-refractivity contribution in [1.82, 2.24) is 0 Å². The highest BCUT2D eigenvalue weighted by atomic mass is 16.5. The van der Waals surface area contributed by atoms with Crippen LogP contribution in [0.5, 0.6) is 5.75 Å². The first kappa shape index (κ1) is 37.6. The molecule has 0 aliphatic carbocycles. The highest BCUT2D eigenvalue weighted by Gasteiger charge is 2.29. The molecule has 0 radical (unpaired) electrons. The maximum Gasteiger partial charge on any atom is 0.227 e. The zero-order valence-electron chi connectivity index (χ0n) is 30.1. The Hall–Kier alpha value is -2.55. The van der Waals surface area contributed by atoms with Crippen molar-refractivity contribution < 1.29 is 14.6 Å². The minimum Gasteiger partial charge on any atom is -0.504 e. The van der Waals surface area contributed by atoms with Crippen LogP contribution in [0.1, 0.15) is 207 Å². The minimum atomic E-state index is -0.244. The third-order valence-corrected chi connectivity index (χ3v) is 9.70. The molecule has 1 N–H and O–H groups in total. The molecular weight excluding hydrogens is 540 g/mol. The van der Waals surface area contributed by atoms with Crippen LogP contribution in [0.15, 0.2) is 30.0 Å². The van der Waals surface area contributed by atoms with E-state index in [0.29, 0.717) is 11.8 Å². The first-order chi connectivity index (χ1) is 21.0. The molecule has 3 heteroatoms. The van der Waals surface area contributed by atoms with Crippen molar-refractivity contribution in [2.45, 2.75) is 163 Å². The Morgan fingerprint density at radius 1 is 0.682 bits per heavy atom. The van der Waals surface area contributed by atoms with Gasteiger partial charge in [0.2, 0.25) is 5.78 Å². The molecule has 0 aliphatic heterocycles. The van der Waals surface area contributed by atoms with E-state index in [0.717, 1.165) is 97.8 Å². The van der Waals surface area contributed by atoms with Gasteiger partial charge in [0.15, 0.2) is 5.76 Å². The van der Waals surface area contributed by atoms with E-state index < -0.39 is 0 Å². The minimum absolute atomic E-state index is 0.174. The number of allylic oxidation sites excluding steroid dienone is 1. The number of Topliss-reactive ketones (excluding diaryl/α,β-unsaturated/α-hetero) is 1. The van der Waals surface area contributed by atoms with Gasteiger partial charge in [-0.1, -0.05) is 120 Å². The van der Waals surface area contributed by atoms with Gasteiger partial charge in [0, 0.05) is 11.1 Å². The van der Waals surface area contributed by atoms with Gasteiger partial charge >= 0.3 is 0 Å². The number of methoxy groups -OCH3 is 1. The summed E-state index contributed by atoms with van der Waals surface area (Å²) in [6.07, 6.45) is 12.2. The maximum absolute atomic E-state index is 14.7. The number of carbonyl (C=O) groups is 1. The third-order valence-electron chi connectivity index (χ3n) is 9.70. The van der Waals surface area contributed by atoms with E-state index in [4.69, 9.17) is 4.74 Å². The second-order valence-corrected chi connectivity index (χ2v) is 13.6. The number of hydrogen-bond acceptors (Lipinski definition) is 3. The molecule has 0 spiro atoms. The lowest BCUT2D eigenvalue weighted by molar-refractivity contribution is 0.0977. The monoisotopic (exact) mass is 604 g/mol. The smallest absolute Gasteiger partial charge is 0.227 e. The number of benzene rings is 2. The van der Waals surface area contributed by atoms with E-state index in [1.54, 1.807) is 13.2 Å². The molecule has 5 atom stereocenters. The molecule has 2 rings (SSSR count). The lowest BCUT2D eigenvalue weighted by Crippen LogP contribution is -2.17. The fourth-order valence-corrected chi connectivity index (χ4v) is 7.32. The molecule has 0 aliphatic rings. The van der Waals surface area contributed by atoms with E-state index >= 15 is 0 Å². The second kappa shape index (κ2) is 18.4. The molecule has 246 valence electrons. The Morgan fingerprint density at radius 3 is 1.66 bits per heavy atom. The number of aliphatic hydroxyl groups is 1. The number of ether oxygens (including phenoxy) is 1. The van der Waals surface area contributed by atoms with Crippen LogP contribution in [0.25, 0.3) is 6.08 Å². The Morgan fingerprint density at radius 2 is 1.14 bits per heavy atom. The van der Waals surface area contributed by atoms with Gasteiger partial charge in [-0.3, -0.25) is 4.79 Å². The zero-order chi connectivity index (χ0) is 33.0. The van der Waals surface area contributed by atoms with Crippen molar-refractivity contribution in [2.75, 3.05) is 7.11 Å².